The second-order valence-corrected chi connectivity index (χ2v) is 11.8. The molecule has 2 aromatic rings. The monoisotopic (exact) mass is 324 g/mol. The molecule has 0 aromatic heterocycles. The minimum Gasteiger partial charge on any atom is -0.497 e. The second-order valence-electron chi connectivity index (χ2n) is 6.76. The fourth-order valence-electron chi connectivity index (χ4n) is 2.55. The van der Waals surface area contributed by atoms with E-state index in [1.807, 2.05) is 36.4 Å². The number of hydrogen-bond acceptors (Lipinski definition) is 2. The third-order valence-electron chi connectivity index (χ3n) is 3.56. The molecule has 0 fully saturated rings. The van der Waals surface area contributed by atoms with E-state index in [0.29, 0.717) is 0 Å². The smallest absolute Gasteiger partial charge is 0.160 e. The molecule has 2 aromatic carbocycles. The number of methoxy groups -OCH3 is 1. The molecule has 23 heavy (non-hydrogen) atoms. The van der Waals surface area contributed by atoms with Gasteiger partial charge in [-0.1, -0.05) is 55.7 Å². The molecule has 0 saturated carbocycles. The van der Waals surface area contributed by atoms with Crippen LogP contribution in [0.2, 0.25) is 19.6 Å². The molecule has 2 rings (SSSR count). The van der Waals surface area contributed by atoms with Crippen LogP contribution in [0.4, 0.5) is 0 Å². The van der Waals surface area contributed by atoms with Crippen molar-refractivity contribution in [1.29, 1.82) is 0 Å². The van der Waals surface area contributed by atoms with Crippen molar-refractivity contribution in [2.45, 2.75) is 26.6 Å². The lowest BCUT2D eigenvalue weighted by molar-refractivity contribution is 0.101. The van der Waals surface area contributed by atoms with Crippen molar-refractivity contribution >= 4 is 19.4 Å². The zero-order chi connectivity index (χ0) is 17.0. The lowest BCUT2D eigenvalue weighted by atomic mass is 9.93. The van der Waals surface area contributed by atoms with Crippen LogP contribution in [-0.2, 0) is 0 Å². The summed E-state index contributed by atoms with van der Waals surface area (Å²) < 4.78 is 5.38. The Morgan fingerprint density at radius 2 is 1.65 bits per heavy atom. The van der Waals surface area contributed by atoms with E-state index in [0.717, 1.165) is 28.0 Å². The maximum atomic E-state index is 12.1. The predicted octanol–water partition coefficient (Wildman–Crippen LogP) is 5.21. The molecule has 0 heterocycles. The Morgan fingerprint density at radius 3 is 2.17 bits per heavy atom. The van der Waals surface area contributed by atoms with E-state index >= 15 is 0 Å². The number of rotatable bonds is 5. The molecule has 0 atom stereocenters. The largest absolute Gasteiger partial charge is 0.497 e. The summed E-state index contributed by atoms with van der Waals surface area (Å²) in [6, 6.07) is 15.9. The van der Waals surface area contributed by atoms with Crippen LogP contribution >= 0.6 is 0 Å². The van der Waals surface area contributed by atoms with Crippen LogP contribution in [0.3, 0.4) is 0 Å². The molecule has 0 spiro atoms. The summed E-state index contributed by atoms with van der Waals surface area (Å²) in [4.78, 5) is 12.1. The van der Waals surface area contributed by atoms with Gasteiger partial charge in [0.1, 0.15) is 5.75 Å². The molecule has 0 N–H and O–H groups in total. The van der Waals surface area contributed by atoms with Gasteiger partial charge < -0.3 is 4.74 Å². The molecule has 0 saturated heterocycles. The fourth-order valence-corrected chi connectivity index (χ4v) is 3.74. The van der Waals surface area contributed by atoms with Crippen molar-refractivity contribution in [3.63, 3.8) is 0 Å². The fraction of sp³-hybridized carbons (Fsp3) is 0.250. The average Bonchev–Trinajstić information content (AvgIpc) is 2.52. The van der Waals surface area contributed by atoms with Gasteiger partial charge in [-0.25, -0.2) is 0 Å². The number of Topliss-reactive ketones (excluding diaryl/α,β-unsaturated/α-hetero) is 1. The quantitative estimate of drug-likeness (QED) is 0.557. The maximum absolute atomic E-state index is 12.1. The molecule has 0 aliphatic carbocycles. The van der Waals surface area contributed by atoms with Gasteiger partial charge >= 0.3 is 0 Å². The highest BCUT2D eigenvalue weighted by Gasteiger charge is 2.18. The van der Waals surface area contributed by atoms with Crippen molar-refractivity contribution in [3.05, 3.63) is 70.9 Å². The van der Waals surface area contributed by atoms with Crippen molar-refractivity contribution in [2.24, 2.45) is 0 Å². The first-order valence-corrected chi connectivity index (χ1v) is 11.4. The average molecular weight is 324 g/mol. The molecule has 0 unspecified atom stereocenters. The van der Waals surface area contributed by atoms with Gasteiger partial charge in [0.2, 0.25) is 0 Å². The third kappa shape index (κ3) is 4.42. The normalized spacial score (nSPS) is 12.1. The third-order valence-corrected chi connectivity index (χ3v) is 4.71. The van der Waals surface area contributed by atoms with Gasteiger partial charge in [0.15, 0.2) is 5.78 Å². The van der Waals surface area contributed by atoms with Gasteiger partial charge in [0.05, 0.1) is 15.2 Å². The van der Waals surface area contributed by atoms with Gasteiger partial charge in [0.25, 0.3) is 0 Å². The Balaban J connectivity index is 2.74. The molecule has 0 aliphatic rings. The van der Waals surface area contributed by atoms with Crippen LogP contribution in [-0.4, -0.2) is 21.0 Å². The van der Waals surface area contributed by atoms with E-state index in [1.165, 1.54) is 0 Å². The second kappa shape index (κ2) is 6.96. The van der Waals surface area contributed by atoms with Crippen molar-refractivity contribution in [2.75, 3.05) is 7.11 Å². The number of hydrogen-bond donors (Lipinski definition) is 0. The van der Waals surface area contributed by atoms with Crippen molar-refractivity contribution in [3.8, 4) is 5.75 Å². The predicted molar refractivity (Wildman–Crippen MR) is 99.9 cm³/mol. The topological polar surface area (TPSA) is 26.3 Å². The molecule has 2 nitrogen and oxygen atoms in total. The number of carbonyl (C=O) groups excluding carboxylic acids is 1. The molecular formula is C20H24O2Si. The van der Waals surface area contributed by atoms with E-state index in [-0.39, 0.29) is 5.78 Å². The van der Waals surface area contributed by atoms with Crippen LogP contribution in [0.5, 0.6) is 5.75 Å². The molecule has 0 aliphatic heterocycles. The van der Waals surface area contributed by atoms with E-state index in [1.54, 1.807) is 14.0 Å². The number of ketones is 1. The van der Waals surface area contributed by atoms with Crippen LogP contribution in [0.15, 0.2) is 54.2 Å². The van der Waals surface area contributed by atoms with Gasteiger partial charge in [-0.05, 0) is 41.8 Å². The summed E-state index contributed by atoms with van der Waals surface area (Å²) in [6.45, 7) is 8.50. The summed E-state index contributed by atoms with van der Waals surface area (Å²) in [7, 11) is 0.164. The van der Waals surface area contributed by atoms with Crippen LogP contribution in [0.1, 0.15) is 28.4 Å². The minimum absolute atomic E-state index is 0.0695. The molecule has 0 radical (unpaired) electrons. The lowest BCUT2D eigenvalue weighted by Crippen LogP contribution is -2.17. The van der Waals surface area contributed by atoms with Gasteiger partial charge in [0, 0.05) is 5.56 Å². The van der Waals surface area contributed by atoms with Crippen LogP contribution in [0, 0.1) is 0 Å². The highest BCUT2D eigenvalue weighted by atomic mass is 28.3. The molecule has 0 amide bonds. The standard InChI is InChI=1S/C20H24O2Si/c1-15(21)18-12-11-17(22-2)13-19(18)20(14-23(3,4)5)16-9-7-6-8-10-16/h6-14H,1-5H3/b20-14+. The maximum Gasteiger partial charge on any atom is 0.160 e. The SMILES string of the molecule is COc1ccc(C(C)=O)c(/C(=C/[Si](C)(C)C)c2ccccc2)c1. The first kappa shape index (κ1) is 17.2. The highest BCUT2D eigenvalue weighted by molar-refractivity contribution is 6.81. The van der Waals surface area contributed by atoms with E-state index < -0.39 is 8.07 Å². The van der Waals surface area contributed by atoms with Crippen LogP contribution in [0.25, 0.3) is 5.57 Å². The number of carbonyl (C=O) groups is 1. The lowest BCUT2D eigenvalue weighted by Gasteiger charge is -2.18. The summed E-state index contributed by atoms with van der Waals surface area (Å²) in [5.41, 5.74) is 6.29. The first-order valence-electron chi connectivity index (χ1n) is 7.79. The summed E-state index contributed by atoms with van der Waals surface area (Å²) >= 11 is 0. The highest BCUT2D eigenvalue weighted by Crippen LogP contribution is 2.31. The summed E-state index contributed by atoms with van der Waals surface area (Å²) in [5.74, 6) is 0.836. The van der Waals surface area contributed by atoms with Gasteiger partial charge in [-0.2, -0.15) is 0 Å². The zero-order valence-corrected chi connectivity index (χ0v) is 15.5. The Bertz CT molecular complexity index is 725. The van der Waals surface area contributed by atoms with Crippen molar-refractivity contribution in [1.82, 2.24) is 0 Å². The molecular weight excluding hydrogens is 300 g/mol. The first-order chi connectivity index (χ1) is 10.8. The van der Waals surface area contributed by atoms with Gasteiger partial charge in [-0.15, -0.1) is 0 Å². The minimum atomic E-state index is -1.49. The summed E-state index contributed by atoms with van der Waals surface area (Å²) in [5, 5.41) is 0. The molecule has 120 valence electrons. The Hall–Kier alpha value is -2.13. The Kier molecular flexibility index (Phi) is 5.22. The Labute approximate surface area is 139 Å². The Morgan fingerprint density at radius 1 is 1.00 bits per heavy atom. The molecule has 0 bridgehead atoms. The van der Waals surface area contributed by atoms with E-state index in [9.17, 15) is 4.79 Å². The number of benzene rings is 2. The summed E-state index contributed by atoms with van der Waals surface area (Å²) in [6.07, 6.45) is 0. The van der Waals surface area contributed by atoms with Crippen molar-refractivity contribution < 1.29 is 9.53 Å². The zero-order valence-electron chi connectivity index (χ0n) is 14.5. The van der Waals surface area contributed by atoms with Crippen LogP contribution < -0.4 is 4.74 Å². The van der Waals surface area contributed by atoms with Gasteiger partial charge in [-0.3, -0.25) is 4.79 Å². The van der Waals surface area contributed by atoms with E-state index in [4.69, 9.17) is 4.74 Å². The number of ether oxygens (including phenoxy) is 1. The van der Waals surface area contributed by atoms with E-state index in [2.05, 4.69) is 37.5 Å². The molecule has 3 heteroatoms.